The summed E-state index contributed by atoms with van der Waals surface area (Å²) in [5.74, 6) is -1.36. The molecule has 9 heteroatoms. The van der Waals surface area contributed by atoms with Gasteiger partial charge in [0.05, 0.1) is 25.3 Å². The highest BCUT2D eigenvalue weighted by molar-refractivity contribution is 7.14. The second-order valence-electron chi connectivity index (χ2n) is 6.06. The number of amides is 1. The molecule has 2 aromatic heterocycles. The van der Waals surface area contributed by atoms with Crippen molar-refractivity contribution < 1.29 is 18.7 Å². The average Bonchev–Trinajstić information content (AvgIpc) is 3.12. The number of hydrogen-bond donors (Lipinski definition) is 1. The molecule has 1 aromatic carbocycles. The second kappa shape index (κ2) is 9.24. The van der Waals surface area contributed by atoms with E-state index in [1.165, 1.54) is 22.8 Å². The van der Waals surface area contributed by atoms with Crippen molar-refractivity contribution in [1.29, 1.82) is 0 Å². The Morgan fingerprint density at radius 3 is 2.72 bits per heavy atom. The largest absolute Gasteiger partial charge is 0.466 e. The quantitative estimate of drug-likeness (QED) is 0.600. The lowest BCUT2D eigenvalue weighted by Crippen LogP contribution is -2.29. The standard InChI is InChI=1S/C20H18FN3O4S/c1-2-28-17(25)10-15-12-29-20(22-15)23-18(26)16-4-3-9-24(19(16)27)11-13-5-7-14(21)8-6-13/h3-9,12H,2,10-11H2,1H3,(H,22,23,26). The van der Waals surface area contributed by atoms with Gasteiger partial charge < -0.3 is 9.30 Å². The van der Waals surface area contributed by atoms with Crippen LogP contribution < -0.4 is 10.9 Å². The van der Waals surface area contributed by atoms with Crippen LogP contribution in [-0.2, 0) is 22.5 Å². The van der Waals surface area contributed by atoms with Crippen LogP contribution in [-0.4, -0.2) is 28.0 Å². The van der Waals surface area contributed by atoms with Crippen molar-refractivity contribution >= 4 is 28.3 Å². The van der Waals surface area contributed by atoms with Gasteiger partial charge in [0, 0.05) is 11.6 Å². The molecule has 0 fully saturated rings. The van der Waals surface area contributed by atoms with E-state index in [2.05, 4.69) is 10.3 Å². The molecule has 0 aliphatic rings. The van der Waals surface area contributed by atoms with Gasteiger partial charge in [-0.15, -0.1) is 11.3 Å². The van der Waals surface area contributed by atoms with Crippen LogP contribution in [0.25, 0.3) is 0 Å². The Kier molecular flexibility index (Phi) is 6.50. The normalized spacial score (nSPS) is 10.6. The van der Waals surface area contributed by atoms with E-state index in [4.69, 9.17) is 4.74 Å². The first-order valence-corrected chi connectivity index (χ1v) is 9.69. The number of anilines is 1. The third kappa shape index (κ3) is 5.35. The number of nitrogens with zero attached hydrogens (tertiary/aromatic N) is 2. The Bertz CT molecular complexity index is 1080. The summed E-state index contributed by atoms with van der Waals surface area (Å²) >= 11 is 1.15. The number of carbonyl (C=O) groups excluding carboxylic acids is 2. The van der Waals surface area contributed by atoms with Crippen LogP contribution in [0.4, 0.5) is 9.52 Å². The summed E-state index contributed by atoms with van der Waals surface area (Å²) < 4.78 is 19.3. The zero-order valence-electron chi connectivity index (χ0n) is 15.6. The topological polar surface area (TPSA) is 90.3 Å². The van der Waals surface area contributed by atoms with Crippen LogP contribution in [0.3, 0.4) is 0 Å². The van der Waals surface area contributed by atoms with E-state index < -0.39 is 17.4 Å². The third-order valence-electron chi connectivity index (χ3n) is 3.93. The summed E-state index contributed by atoms with van der Waals surface area (Å²) in [6.45, 7) is 2.21. The summed E-state index contributed by atoms with van der Waals surface area (Å²) in [6, 6.07) is 8.80. The molecule has 2 heterocycles. The molecule has 1 amide bonds. The number of aromatic nitrogens is 2. The first kappa shape index (κ1) is 20.4. The zero-order chi connectivity index (χ0) is 20.8. The van der Waals surface area contributed by atoms with Gasteiger partial charge in [-0.05, 0) is 36.8 Å². The number of pyridine rings is 1. The maximum Gasteiger partial charge on any atom is 0.311 e. The molecule has 0 aliphatic carbocycles. The molecule has 0 spiro atoms. The molecular weight excluding hydrogens is 397 g/mol. The van der Waals surface area contributed by atoms with Crippen molar-refractivity contribution in [3.05, 3.63) is 81.0 Å². The zero-order valence-corrected chi connectivity index (χ0v) is 16.4. The number of hydrogen-bond acceptors (Lipinski definition) is 6. The number of thiazole rings is 1. The molecular formula is C20H18FN3O4S. The molecule has 0 radical (unpaired) electrons. The summed E-state index contributed by atoms with van der Waals surface area (Å²) in [6.07, 6.45) is 1.57. The lowest BCUT2D eigenvalue weighted by Gasteiger charge is -2.08. The number of ether oxygens (including phenoxy) is 1. The number of nitrogens with one attached hydrogen (secondary N) is 1. The third-order valence-corrected chi connectivity index (χ3v) is 4.74. The van der Waals surface area contributed by atoms with E-state index in [0.717, 1.165) is 16.9 Å². The van der Waals surface area contributed by atoms with Crippen molar-refractivity contribution in [3.63, 3.8) is 0 Å². The molecule has 1 N–H and O–H groups in total. The lowest BCUT2D eigenvalue weighted by atomic mass is 10.2. The minimum Gasteiger partial charge on any atom is -0.466 e. The first-order chi connectivity index (χ1) is 14.0. The Balaban J connectivity index is 1.71. The summed E-state index contributed by atoms with van der Waals surface area (Å²) in [5, 5.41) is 4.50. The predicted molar refractivity (Wildman–Crippen MR) is 107 cm³/mol. The Morgan fingerprint density at radius 1 is 1.24 bits per heavy atom. The minimum absolute atomic E-state index is 0.00994. The van der Waals surface area contributed by atoms with E-state index in [1.54, 1.807) is 36.7 Å². The molecule has 0 aliphatic heterocycles. The van der Waals surface area contributed by atoms with E-state index >= 15 is 0 Å². The fraction of sp³-hybridized carbons (Fsp3) is 0.200. The van der Waals surface area contributed by atoms with E-state index in [9.17, 15) is 18.8 Å². The summed E-state index contributed by atoms with van der Waals surface area (Å²) in [7, 11) is 0. The molecule has 7 nitrogen and oxygen atoms in total. The SMILES string of the molecule is CCOC(=O)Cc1csc(NC(=O)c2cccn(Cc3ccc(F)cc3)c2=O)n1. The van der Waals surface area contributed by atoms with Gasteiger partial charge in [0.15, 0.2) is 5.13 Å². The molecule has 0 unspecified atom stereocenters. The molecule has 29 heavy (non-hydrogen) atoms. The number of esters is 1. The highest BCUT2D eigenvalue weighted by Gasteiger charge is 2.15. The number of benzene rings is 1. The van der Waals surface area contributed by atoms with Gasteiger partial charge in [0.1, 0.15) is 11.4 Å². The number of halogens is 1. The molecule has 3 aromatic rings. The van der Waals surface area contributed by atoms with Crippen LogP contribution in [0.5, 0.6) is 0 Å². The predicted octanol–water partition coefficient (Wildman–Crippen LogP) is 2.85. The number of rotatable bonds is 7. The van der Waals surface area contributed by atoms with Crippen molar-refractivity contribution in [2.45, 2.75) is 19.9 Å². The fourth-order valence-corrected chi connectivity index (χ4v) is 3.30. The highest BCUT2D eigenvalue weighted by Crippen LogP contribution is 2.17. The van der Waals surface area contributed by atoms with Gasteiger partial charge in [-0.2, -0.15) is 0 Å². The van der Waals surface area contributed by atoms with Crippen LogP contribution in [0.2, 0.25) is 0 Å². The van der Waals surface area contributed by atoms with Gasteiger partial charge in [-0.3, -0.25) is 19.7 Å². The molecule has 3 rings (SSSR count). The van der Waals surface area contributed by atoms with Crippen LogP contribution in [0, 0.1) is 5.82 Å². The molecule has 0 bridgehead atoms. The van der Waals surface area contributed by atoms with E-state index in [1.807, 2.05) is 0 Å². The molecule has 150 valence electrons. The van der Waals surface area contributed by atoms with Crippen molar-refractivity contribution in [2.75, 3.05) is 11.9 Å². The average molecular weight is 415 g/mol. The van der Waals surface area contributed by atoms with Gasteiger partial charge in [-0.25, -0.2) is 9.37 Å². The lowest BCUT2D eigenvalue weighted by molar-refractivity contribution is -0.142. The maximum absolute atomic E-state index is 13.0. The van der Waals surface area contributed by atoms with Crippen molar-refractivity contribution in [2.24, 2.45) is 0 Å². The van der Waals surface area contributed by atoms with Crippen molar-refractivity contribution in [3.8, 4) is 0 Å². The molecule has 0 saturated heterocycles. The van der Waals surface area contributed by atoms with Gasteiger partial charge in [0.25, 0.3) is 11.5 Å². The highest BCUT2D eigenvalue weighted by atomic mass is 32.1. The molecule has 0 saturated carbocycles. The Hall–Kier alpha value is -3.33. The van der Waals surface area contributed by atoms with Crippen molar-refractivity contribution in [1.82, 2.24) is 9.55 Å². The van der Waals surface area contributed by atoms with Crippen LogP contribution in [0.15, 0.2) is 52.8 Å². The Labute approximate surface area is 169 Å². The van der Waals surface area contributed by atoms with E-state index in [0.29, 0.717) is 5.69 Å². The minimum atomic E-state index is -0.597. The summed E-state index contributed by atoms with van der Waals surface area (Å²) in [5.41, 5.74) is 0.689. The van der Waals surface area contributed by atoms with Gasteiger partial charge in [-0.1, -0.05) is 12.1 Å². The van der Waals surface area contributed by atoms with Gasteiger partial charge in [0.2, 0.25) is 0 Å². The van der Waals surface area contributed by atoms with Crippen LogP contribution >= 0.6 is 11.3 Å². The molecule has 0 atom stereocenters. The Morgan fingerprint density at radius 2 is 2.00 bits per heavy atom. The second-order valence-corrected chi connectivity index (χ2v) is 6.92. The van der Waals surface area contributed by atoms with Crippen LogP contribution in [0.1, 0.15) is 28.5 Å². The summed E-state index contributed by atoms with van der Waals surface area (Å²) in [4.78, 5) is 40.8. The fourth-order valence-electron chi connectivity index (χ4n) is 2.59. The maximum atomic E-state index is 13.0. The monoisotopic (exact) mass is 415 g/mol. The van der Waals surface area contributed by atoms with Gasteiger partial charge >= 0.3 is 5.97 Å². The first-order valence-electron chi connectivity index (χ1n) is 8.81. The number of carbonyl (C=O) groups is 2. The van der Waals surface area contributed by atoms with E-state index in [-0.39, 0.29) is 36.1 Å². The smallest absolute Gasteiger partial charge is 0.311 e.